The Morgan fingerprint density at radius 3 is 2.67 bits per heavy atom. The second kappa shape index (κ2) is 4.05. The predicted molar refractivity (Wildman–Crippen MR) is 63.1 cm³/mol. The molecule has 0 saturated heterocycles. The van der Waals surface area contributed by atoms with Crippen LogP contribution in [0.15, 0.2) is 16.9 Å². The van der Waals surface area contributed by atoms with Gasteiger partial charge in [0.05, 0.1) is 0 Å². The molecule has 2 rings (SSSR count). The summed E-state index contributed by atoms with van der Waals surface area (Å²) < 4.78 is 0.948. The molecule has 2 nitrogen and oxygen atoms in total. The topological polar surface area (TPSA) is 30.0 Å². The highest BCUT2D eigenvalue weighted by Crippen LogP contribution is 2.36. The molecule has 1 heterocycles. The monoisotopic (exact) mass is 267 g/mol. The summed E-state index contributed by atoms with van der Waals surface area (Å²) in [5, 5.41) is 0. The minimum absolute atomic E-state index is 0.263. The normalized spacial score (nSPS) is 15.7. The van der Waals surface area contributed by atoms with Crippen LogP contribution in [0.4, 0.5) is 0 Å². The molecule has 0 radical (unpaired) electrons. The number of pyridine rings is 1. The first-order valence-electron chi connectivity index (χ1n) is 5.29. The number of ketones is 1. The summed E-state index contributed by atoms with van der Waals surface area (Å²) in [5.41, 5.74) is 1.91. The van der Waals surface area contributed by atoms with E-state index in [1.165, 1.54) is 0 Å². The Morgan fingerprint density at radius 2 is 2.13 bits per heavy atom. The second-order valence-corrected chi connectivity index (χ2v) is 5.23. The summed E-state index contributed by atoms with van der Waals surface area (Å²) >= 11 is 3.47. The van der Waals surface area contributed by atoms with E-state index < -0.39 is 0 Å². The number of aromatic nitrogens is 1. The zero-order valence-electron chi connectivity index (χ0n) is 8.96. The third kappa shape index (κ3) is 2.12. The number of carbonyl (C=O) groups excluding carboxylic acids is 1. The van der Waals surface area contributed by atoms with Gasteiger partial charge in [-0.2, -0.15) is 0 Å². The average molecular weight is 268 g/mol. The number of rotatable bonds is 3. The van der Waals surface area contributed by atoms with Gasteiger partial charge in [-0.05, 0) is 40.3 Å². The van der Waals surface area contributed by atoms with Gasteiger partial charge in [-0.15, -0.1) is 0 Å². The number of hydrogen-bond acceptors (Lipinski definition) is 2. The number of hydrogen-bond donors (Lipinski definition) is 0. The fourth-order valence-electron chi connectivity index (χ4n) is 1.79. The molecule has 3 heteroatoms. The van der Waals surface area contributed by atoms with Crippen molar-refractivity contribution in [3.8, 4) is 0 Å². The molecule has 0 aliphatic heterocycles. The van der Waals surface area contributed by atoms with Crippen molar-refractivity contribution in [3.05, 3.63) is 28.0 Å². The zero-order chi connectivity index (χ0) is 11.0. The number of nitrogens with zero attached hydrogens (tertiary/aromatic N) is 1. The van der Waals surface area contributed by atoms with Crippen molar-refractivity contribution in [3.63, 3.8) is 0 Å². The molecule has 1 aliphatic rings. The van der Waals surface area contributed by atoms with Gasteiger partial charge in [-0.25, -0.2) is 0 Å². The third-order valence-corrected chi connectivity index (χ3v) is 3.36. The Labute approximate surface area is 98.2 Å². The van der Waals surface area contributed by atoms with E-state index in [9.17, 15) is 4.79 Å². The van der Waals surface area contributed by atoms with E-state index in [1.807, 2.05) is 0 Å². The molecule has 1 aromatic rings. The number of halogens is 1. The lowest BCUT2D eigenvalue weighted by molar-refractivity contribution is 0.0966. The van der Waals surface area contributed by atoms with Crippen LogP contribution < -0.4 is 0 Å². The summed E-state index contributed by atoms with van der Waals surface area (Å²) in [4.78, 5) is 16.1. The van der Waals surface area contributed by atoms with Gasteiger partial charge >= 0.3 is 0 Å². The predicted octanol–water partition coefficient (Wildman–Crippen LogP) is 3.56. The maximum Gasteiger partial charge on any atom is 0.167 e. The standard InChI is InChI=1S/C12H14BrNO/c1-7(2)11-9(5-14-6-10(11)13)12(15)8-3-4-8/h5-8H,3-4H2,1-2H3. The first-order chi connectivity index (χ1) is 7.11. The highest BCUT2D eigenvalue weighted by molar-refractivity contribution is 9.10. The van der Waals surface area contributed by atoms with Gasteiger partial charge in [0.1, 0.15) is 0 Å². The highest BCUT2D eigenvalue weighted by atomic mass is 79.9. The lowest BCUT2D eigenvalue weighted by atomic mass is 9.95. The summed E-state index contributed by atoms with van der Waals surface area (Å²) in [6, 6.07) is 0. The van der Waals surface area contributed by atoms with Crippen molar-refractivity contribution in [2.24, 2.45) is 5.92 Å². The first-order valence-corrected chi connectivity index (χ1v) is 6.08. The van der Waals surface area contributed by atoms with Crippen molar-refractivity contribution in [1.29, 1.82) is 0 Å². The van der Waals surface area contributed by atoms with Crippen LogP contribution in [0.1, 0.15) is 48.5 Å². The lowest BCUT2D eigenvalue weighted by Crippen LogP contribution is -2.08. The molecule has 1 aromatic heterocycles. The third-order valence-electron chi connectivity index (χ3n) is 2.73. The van der Waals surface area contributed by atoms with E-state index in [2.05, 4.69) is 34.8 Å². The van der Waals surface area contributed by atoms with E-state index >= 15 is 0 Å². The van der Waals surface area contributed by atoms with Crippen LogP contribution in [-0.2, 0) is 0 Å². The van der Waals surface area contributed by atoms with Crippen LogP contribution in [0, 0.1) is 5.92 Å². The molecular weight excluding hydrogens is 254 g/mol. The summed E-state index contributed by atoms with van der Waals surface area (Å²) in [6.07, 6.45) is 5.56. The van der Waals surface area contributed by atoms with Crippen LogP contribution in [0.2, 0.25) is 0 Å². The van der Waals surface area contributed by atoms with Crippen molar-refractivity contribution in [2.45, 2.75) is 32.6 Å². The van der Waals surface area contributed by atoms with Crippen molar-refractivity contribution in [1.82, 2.24) is 4.98 Å². The largest absolute Gasteiger partial charge is 0.294 e. The number of carbonyl (C=O) groups is 1. The maximum absolute atomic E-state index is 12.0. The van der Waals surface area contributed by atoms with Gasteiger partial charge in [0.2, 0.25) is 0 Å². The molecule has 0 aromatic carbocycles. The van der Waals surface area contributed by atoms with Crippen LogP contribution in [0.5, 0.6) is 0 Å². The summed E-state index contributed by atoms with van der Waals surface area (Å²) in [7, 11) is 0. The van der Waals surface area contributed by atoms with E-state index in [0.29, 0.717) is 5.92 Å². The quantitative estimate of drug-likeness (QED) is 0.784. The molecule has 0 unspecified atom stereocenters. The fourth-order valence-corrected chi connectivity index (χ4v) is 2.58. The summed E-state index contributed by atoms with van der Waals surface area (Å²) in [6.45, 7) is 4.20. The highest BCUT2D eigenvalue weighted by Gasteiger charge is 2.32. The van der Waals surface area contributed by atoms with E-state index in [1.54, 1.807) is 12.4 Å². The van der Waals surface area contributed by atoms with Crippen LogP contribution in [0.25, 0.3) is 0 Å². The molecular formula is C12H14BrNO. The SMILES string of the molecule is CC(C)c1c(Br)cncc1C(=O)C1CC1. The lowest BCUT2D eigenvalue weighted by Gasteiger charge is -2.12. The van der Waals surface area contributed by atoms with E-state index in [4.69, 9.17) is 0 Å². The van der Waals surface area contributed by atoms with Gasteiger partial charge in [-0.1, -0.05) is 13.8 Å². The van der Waals surface area contributed by atoms with Crippen molar-refractivity contribution >= 4 is 21.7 Å². The molecule has 1 aliphatic carbocycles. The molecule has 0 atom stereocenters. The van der Waals surface area contributed by atoms with Crippen molar-refractivity contribution in [2.75, 3.05) is 0 Å². The molecule has 80 valence electrons. The van der Waals surface area contributed by atoms with Gasteiger partial charge < -0.3 is 0 Å². The molecule has 0 N–H and O–H groups in total. The van der Waals surface area contributed by atoms with E-state index in [-0.39, 0.29) is 11.7 Å². The molecule has 0 bridgehead atoms. The maximum atomic E-state index is 12.0. The molecule has 15 heavy (non-hydrogen) atoms. The number of Topliss-reactive ketones (excluding diaryl/α,β-unsaturated/α-hetero) is 1. The molecule has 1 saturated carbocycles. The molecule has 0 spiro atoms. The van der Waals surface area contributed by atoms with Gasteiger partial charge in [0.15, 0.2) is 5.78 Å². The molecule has 1 fully saturated rings. The Kier molecular flexibility index (Phi) is 2.91. The van der Waals surface area contributed by atoms with Gasteiger partial charge in [-0.3, -0.25) is 9.78 Å². The second-order valence-electron chi connectivity index (χ2n) is 4.38. The Balaban J connectivity index is 2.44. The Morgan fingerprint density at radius 1 is 1.47 bits per heavy atom. The fraction of sp³-hybridized carbons (Fsp3) is 0.500. The van der Waals surface area contributed by atoms with E-state index in [0.717, 1.165) is 28.4 Å². The molecule has 0 amide bonds. The van der Waals surface area contributed by atoms with Crippen molar-refractivity contribution < 1.29 is 4.79 Å². The Bertz CT molecular complexity index is 397. The van der Waals surface area contributed by atoms with Gasteiger partial charge in [0.25, 0.3) is 0 Å². The smallest absolute Gasteiger partial charge is 0.167 e. The first kappa shape index (κ1) is 10.8. The Hall–Kier alpha value is -0.700. The van der Waals surface area contributed by atoms with Crippen LogP contribution in [0.3, 0.4) is 0 Å². The zero-order valence-corrected chi connectivity index (χ0v) is 10.5. The minimum Gasteiger partial charge on any atom is -0.294 e. The average Bonchev–Trinajstić information content (AvgIpc) is 2.98. The summed E-state index contributed by atoms with van der Waals surface area (Å²) in [5.74, 6) is 0.881. The van der Waals surface area contributed by atoms with Gasteiger partial charge in [0, 0.05) is 28.3 Å². The van der Waals surface area contributed by atoms with Crippen LogP contribution >= 0.6 is 15.9 Å². The minimum atomic E-state index is 0.263. The van der Waals surface area contributed by atoms with Crippen LogP contribution in [-0.4, -0.2) is 10.8 Å².